The Kier molecular flexibility index (Phi) is 5.36. The third-order valence-electron chi connectivity index (χ3n) is 4.85. The number of piperazine rings is 1. The van der Waals surface area contributed by atoms with Gasteiger partial charge in [0.25, 0.3) is 0 Å². The van der Waals surface area contributed by atoms with Gasteiger partial charge in [-0.05, 0) is 24.6 Å². The van der Waals surface area contributed by atoms with Gasteiger partial charge < -0.3 is 9.32 Å². The number of carbonyl (C=O) groups excluding carboxylic acids is 1. The molecule has 1 saturated heterocycles. The monoisotopic (exact) mass is 381 g/mol. The van der Waals surface area contributed by atoms with E-state index in [1.54, 1.807) is 17.6 Å². The van der Waals surface area contributed by atoms with Gasteiger partial charge in [-0.1, -0.05) is 29.8 Å². The Labute approximate surface area is 163 Å². The largest absolute Gasteiger partial charge is 0.463 e. The lowest BCUT2D eigenvalue weighted by atomic mass is 10.1. The van der Waals surface area contributed by atoms with Crippen molar-refractivity contribution in [1.29, 1.82) is 0 Å². The van der Waals surface area contributed by atoms with Crippen molar-refractivity contribution in [3.8, 4) is 11.5 Å². The van der Waals surface area contributed by atoms with Crippen molar-refractivity contribution in [2.24, 2.45) is 0 Å². The van der Waals surface area contributed by atoms with Crippen LogP contribution in [0.25, 0.3) is 11.5 Å². The lowest BCUT2D eigenvalue weighted by Crippen LogP contribution is -2.48. The molecule has 0 bridgehead atoms. The number of amides is 1. The minimum absolute atomic E-state index is 0.217. The van der Waals surface area contributed by atoms with Crippen LogP contribution in [0.5, 0.6) is 0 Å². The number of hydrogen-bond acceptors (Lipinski definition) is 5. The van der Waals surface area contributed by atoms with Gasteiger partial charge in [0, 0.05) is 31.6 Å². The van der Waals surface area contributed by atoms with Crippen molar-refractivity contribution in [3.63, 3.8) is 0 Å². The van der Waals surface area contributed by atoms with Gasteiger partial charge in [0.2, 0.25) is 5.91 Å². The predicted molar refractivity (Wildman–Crippen MR) is 107 cm³/mol. The van der Waals surface area contributed by atoms with Gasteiger partial charge in [-0.3, -0.25) is 9.69 Å². The van der Waals surface area contributed by atoms with Gasteiger partial charge >= 0.3 is 0 Å². The molecule has 0 atom stereocenters. The molecule has 1 aliphatic rings. The molecule has 3 aromatic rings. The van der Waals surface area contributed by atoms with Crippen LogP contribution in [-0.2, 0) is 17.8 Å². The Balaban J connectivity index is 1.28. The van der Waals surface area contributed by atoms with Gasteiger partial charge in [-0.2, -0.15) is 0 Å². The summed E-state index contributed by atoms with van der Waals surface area (Å²) in [6.45, 7) is 6.21. The summed E-state index contributed by atoms with van der Waals surface area (Å²) in [5.74, 6) is 1.03. The second-order valence-electron chi connectivity index (χ2n) is 6.93. The summed E-state index contributed by atoms with van der Waals surface area (Å²) in [6, 6.07) is 12.0. The molecular weight excluding hydrogens is 358 g/mol. The maximum absolute atomic E-state index is 12.6. The number of aromatic nitrogens is 1. The summed E-state index contributed by atoms with van der Waals surface area (Å²) in [4.78, 5) is 21.6. The highest BCUT2D eigenvalue weighted by atomic mass is 32.1. The first-order chi connectivity index (χ1) is 13.2. The van der Waals surface area contributed by atoms with Crippen LogP contribution in [0.4, 0.5) is 0 Å². The molecule has 1 aromatic carbocycles. The standard InChI is InChI=1S/C21H23N3O2S/c1-16-4-2-5-17(12-16)13-21(25)24-9-7-23(8-10-24)14-20-22-18(15-27-20)19-6-3-11-26-19/h2-6,11-12,15H,7-10,13-14H2,1H3. The predicted octanol–water partition coefficient (Wildman–Crippen LogP) is 3.60. The van der Waals surface area contributed by atoms with E-state index < -0.39 is 0 Å². The van der Waals surface area contributed by atoms with Gasteiger partial charge in [0.1, 0.15) is 10.7 Å². The molecule has 6 heteroatoms. The van der Waals surface area contributed by atoms with E-state index in [-0.39, 0.29) is 5.91 Å². The van der Waals surface area contributed by atoms with Crippen LogP contribution < -0.4 is 0 Å². The number of furan rings is 1. The van der Waals surface area contributed by atoms with Crippen molar-refractivity contribution in [2.75, 3.05) is 26.2 Å². The zero-order chi connectivity index (χ0) is 18.6. The highest BCUT2D eigenvalue weighted by Crippen LogP contribution is 2.23. The van der Waals surface area contributed by atoms with Gasteiger partial charge in [-0.15, -0.1) is 11.3 Å². The van der Waals surface area contributed by atoms with Crippen molar-refractivity contribution in [3.05, 3.63) is 64.2 Å². The van der Waals surface area contributed by atoms with Crippen molar-refractivity contribution in [1.82, 2.24) is 14.8 Å². The molecule has 0 N–H and O–H groups in total. The molecular formula is C21H23N3O2S. The summed E-state index contributed by atoms with van der Waals surface area (Å²) < 4.78 is 5.41. The fourth-order valence-electron chi connectivity index (χ4n) is 3.38. The SMILES string of the molecule is Cc1cccc(CC(=O)N2CCN(Cc3nc(-c4ccco4)cs3)CC2)c1. The molecule has 1 amide bonds. The molecule has 5 nitrogen and oxygen atoms in total. The van der Waals surface area contributed by atoms with Crippen LogP contribution >= 0.6 is 11.3 Å². The quantitative estimate of drug-likeness (QED) is 0.678. The van der Waals surface area contributed by atoms with Gasteiger partial charge in [0.05, 0.1) is 19.2 Å². The van der Waals surface area contributed by atoms with Crippen LogP contribution in [0, 0.1) is 6.92 Å². The van der Waals surface area contributed by atoms with E-state index in [4.69, 9.17) is 4.42 Å². The average Bonchev–Trinajstić information content (AvgIpc) is 3.34. The Morgan fingerprint density at radius 3 is 2.78 bits per heavy atom. The second-order valence-corrected chi connectivity index (χ2v) is 7.87. The first-order valence-electron chi connectivity index (χ1n) is 9.21. The molecule has 0 aliphatic carbocycles. The van der Waals surface area contributed by atoms with Gasteiger partial charge in [0.15, 0.2) is 5.76 Å². The van der Waals surface area contributed by atoms with E-state index in [1.807, 2.05) is 34.5 Å². The summed E-state index contributed by atoms with van der Waals surface area (Å²) in [6.07, 6.45) is 2.15. The van der Waals surface area contributed by atoms with Crippen molar-refractivity contribution >= 4 is 17.2 Å². The number of rotatable bonds is 5. The molecule has 0 saturated carbocycles. The zero-order valence-corrected chi connectivity index (χ0v) is 16.2. The Bertz CT molecular complexity index is 896. The number of aryl methyl sites for hydroxylation is 1. The Morgan fingerprint density at radius 2 is 2.04 bits per heavy atom. The van der Waals surface area contributed by atoms with E-state index in [2.05, 4.69) is 28.9 Å². The van der Waals surface area contributed by atoms with E-state index in [9.17, 15) is 4.79 Å². The van der Waals surface area contributed by atoms with Crippen LogP contribution in [0.15, 0.2) is 52.5 Å². The third kappa shape index (κ3) is 4.46. The molecule has 4 rings (SSSR count). The first-order valence-corrected chi connectivity index (χ1v) is 10.1. The number of nitrogens with zero attached hydrogens (tertiary/aromatic N) is 3. The van der Waals surface area contributed by atoms with Gasteiger partial charge in [-0.25, -0.2) is 4.98 Å². The normalized spacial score (nSPS) is 15.2. The maximum atomic E-state index is 12.6. The smallest absolute Gasteiger partial charge is 0.227 e. The average molecular weight is 382 g/mol. The summed E-state index contributed by atoms with van der Waals surface area (Å²) in [7, 11) is 0. The number of thiazole rings is 1. The highest BCUT2D eigenvalue weighted by molar-refractivity contribution is 7.09. The molecule has 3 heterocycles. The fraction of sp³-hybridized carbons (Fsp3) is 0.333. The zero-order valence-electron chi connectivity index (χ0n) is 15.4. The maximum Gasteiger partial charge on any atom is 0.227 e. The van der Waals surface area contributed by atoms with Crippen LogP contribution in [0.2, 0.25) is 0 Å². The molecule has 0 unspecified atom stereocenters. The Morgan fingerprint density at radius 1 is 1.19 bits per heavy atom. The van der Waals surface area contributed by atoms with E-state index in [0.717, 1.165) is 54.7 Å². The van der Waals surface area contributed by atoms with Crippen molar-refractivity contribution in [2.45, 2.75) is 19.9 Å². The van der Waals surface area contributed by atoms with Crippen molar-refractivity contribution < 1.29 is 9.21 Å². The minimum atomic E-state index is 0.217. The molecule has 1 aliphatic heterocycles. The van der Waals surface area contributed by atoms with E-state index >= 15 is 0 Å². The molecule has 1 fully saturated rings. The summed E-state index contributed by atoms with van der Waals surface area (Å²) in [5.41, 5.74) is 3.19. The Hall–Kier alpha value is -2.44. The number of carbonyl (C=O) groups is 1. The van der Waals surface area contributed by atoms with Crippen LogP contribution in [0.3, 0.4) is 0 Å². The number of benzene rings is 1. The number of hydrogen-bond donors (Lipinski definition) is 0. The lowest BCUT2D eigenvalue weighted by molar-refractivity contribution is -0.132. The first kappa shape index (κ1) is 17.9. The third-order valence-corrected chi connectivity index (χ3v) is 5.68. The second kappa shape index (κ2) is 8.06. The fourth-order valence-corrected chi connectivity index (χ4v) is 4.20. The highest BCUT2D eigenvalue weighted by Gasteiger charge is 2.22. The van der Waals surface area contributed by atoms with E-state index in [1.165, 1.54) is 5.56 Å². The summed E-state index contributed by atoms with van der Waals surface area (Å²) >= 11 is 1.66. The topological polar surface area (TPSA) is 49.6 Å². The molecule has 0 spiro atoms. The molecule has 140 valence electrons. The molecule has 2 aromatic heterocycles. The van der Waals surface area contributed by atoms with Crippen LogP contribution in [0.1, 0.15) is 16.1 Å². The molecule has 0 radical (unpaired) electrons. The summed E-state index contributed by atoms with van der Waals surface area (Å²) in [5, 5.41) is 3.12. The lowest BCUT2D eigenvalue weighted by Gasteiger charge is -2.34. The van der Waals surface area contributed by atoms with E-state index in [0.29, 0.717) is 6.42 Å². The van der Waals surface area contributed by atoms with Crippen LogP contribution in [-0.4, -0.2) is 46.9 Å². The molecule has 27 heavy (non-hydrogen) atoms. The minimum Gasteiger partial charge on any atom is -0.463 e.